The summed E-state index contributed by atoms with van der Waals surface area (Å²) in [5, 5.41) is 0. The second-order valence-corrected chi connectivity index (χ2v) is 6.41. The van der Waals surface area contributed by atoms with E-state index in [1.165, 1.54) is 0 Å². The van der Waals surface area contributed by atoms with Gasteiger partial charge in [-0.25, -0.2) is 0 Å². The third kappa shape index (κ3) is 4.28. The molecule has 2 N–H and O–H groups in total. The first kappa shape index (κ1) is 18.3. The van der Waals surface area contributed by atoms with Crippen LogP contribution in [0.5, 0.6) is 23.0 Å². The minimum atomic E-state index is -0.178. The Kier molecular flexibility index (Phi) is 5.25. The third-order valence-corrected chi connectivity index (χ3v) is 4.33. The van der Waals surface area contributed by atoms with Gasteiger partial charge in [-0.05, 0) is 48.5 Å². The number of benzene rings is 4. The van der Waals surface area contributed by atoms with Gasteiger partial charge in [0.15, 0.2) is 0 Å². The van der Waals surface area contributed by atoms with Crippen LogP contribution in [0, 0.1) is 0 Å². The maximum Gasteiger partial charge on any atom is 0.200 e. The number of rotatable bonds is 6. The number of nitrogen functional groups attached to an aromatic ring is 1. The van der Waals surface area contributed by atoms with Crippen molar-refractivity contribution in [2.24, 2.45) is 0 Å². The van der Waals surface area contributed by atoms with Gasteiger partial charge in [0.2, 0.25) is 5.78 Å². The molecule has 0 aliphatic carbocycles. The van der Waals surface area contributed by atoms with E-state index in [1.54, 1.807) is 54.6 Å². The quantitative estimate of drug-likeness (QED) is 0.324. The lowest BCUT2D eigenvalue weighted by atomic mass is 10.0. The summed E-state index contributed by atoms with van der Waals surface area (Å²) in [6.45, 7) is 0. The van der Waals surface area contributed by atoms with Gasteiger partial charge in [-0.2, -0.15) is 0 Å². The van der Waals surface area contributed by atoms with E-state index in [2.05, 4.69) is 0 Å². The third-order valence-electron chi connectivity index (χ3n) is 4.33. The maximum absolute atomic E-state index is 13.3. The van der Waals surface area contributed by atoms with Crippen LogP contribution < -0.4 is 15.2 Å². The summed E-state index contributed by atoms with van der Waals surface area (Å²) < 4.78 is 12.1. The van der Waals surface area contributed by atoms with Crippen LogP contribution in [0.1, 0.15) is 15.9 Å². The highest BCUT2D eigenvalue weighted by Crippen LogP contribution is 2.36. The number of ether oxygens (including phenoxy) is 2. The Balaban J connectivity index is 1.78. The molecule has 4 nitrogen and oxygen atoms in total. The summed E-state index contributed by atoms with van der Waals surface area (Å²) in [7, 11) is 0. The largest absolute Gasteiger partial charge is 0.456 e. The molecule has 0 saturated carbocycles. The monoisotopic (exact) mass is 381 g/mol. The predicted molar refractivity (Wildman–Crippen MR) is 114 cm³/mol. The Morgan fingerprint density at radius 3 is 1.69 bits per heavy atom. The van der Waals surface area contributed by atoms with Crippen molar-refractivity contribution in [2.75, 3.05) is 5.73 Å². The van der Waals surface area contributed by atoms with Gasteiger partial charge in [0, 0.05) is 11.3 Å². The second kappa shape index (κ2) is 8.31. The molecule has 0 atom stereocenters. The fourth-order valence-corrected chi connectivity index (χ4v) is 2.92. The number of ketones is 1. The van der Waals surface area contributed by atoms with Crippen LogP contribution >= 0.6 is 0 Å². The average Bonchev–Trinajstić information content (AvgIpc) is 2.76. The fraction of sp³-hybridized carbons (Fsp3) is 0. The molecule has 0 saturated heterocycles. The van der Waals surface area contributed by atoms with Gasteiger partial charge in [0.1, 0.15) is 28.6 Å². The van der Waals surface area contributed by atoms with E-state index in [0.717, 1.165) is 0 Å². The Morgan fingerprint density at radius 1 is 0.586 bits per heavy atom. The highest BCUT2D eigenvalue weighted by atomic mass is 16.5. The summed E-state index contributed by atoms with van der Waals surface area (Å²) in [5.41, 5.74) is 7.31. The van der Waals surface area contributed by atoms with Gasteiger partial charge >= 0.3 is 0 Å². The van der Waals surface area contributed by atoms with Crippen LogP contribution in [-0.4, -0.2) is 5.78 Å². The van der Waals surface area contributed by atoms with E-state index in [9.17, 15) is 4.79 Å². The SMILES string of the molecule is Nc1ccc(Oc2cccc(Oc3ccccc3)c2C(=O)c2ccccc2)cc1. The molecule has 142 valence electrons. The number of anilines is 1. The van der Waals surface area contributed by atoms with E-state index < -0.39 is 0 Å². The zero-order chi connectivity index (χ0) is 20.1. The minimum Gasteiger partial charge on any atom is -0.456 e. The number of hydrogen-bond donors (Lipinski definition) is 1. The predicted octanol–water partition coefficient (Wildman–Crippen LogP) is 6.08. The molecule has 29 heavy (non-hydrogen) atoms. The molecule has 4 heteroatoms. The molecule has 0 unspecified atom stereocenters. The molecule has 4 aromatic carbocycles. The first-order chi connectivity index (χ1) is 14.2. The normalized spacial score (nSPS) is 10.3. The van der Waals surface area contributed by atoms with E-state index in [-0.39, 0.29) is 5.78 Å². The van der Waals surface area contributed by atoms with Gasteiger partial charge in [0.05, 0.1) is 0 Å². The summed E-state index contributed by atoms with van der Waals surface area (Å²) in [4.78, 5) is 13.3. The van der Waals surface area contributed by atoms with Crippen LogP contribution in [0.15, 0.2) is 103 Å². The number of carbonyl (C=O) groups excluding carboxylic acids is 1. The molecule has 4 rings (SSSR count). The molecule has 0 spiro atoms. The first-order valence-corrected chi connectivity index (χ1v) is 9.20. The van der Waals surface area contributed by atoms with Crippen LogP contribution in [0.4, 0.5) is 5.69 Å². The smallest absolute Gasteiger partial charge is 0.200 e. The number of hydrogen-bond acceptors (Lipinski definition) is 4. The lowest BCUT2D eigenvalue weighted by Gasteiger charge is -2.15. The Morgan fingerprint density at radius 2 is 1.10 bits per heavy atom. The standard InChI is InChI=1S/C25H19NO3/c26-19-14-16-21(17-15-19)29-23-13-7-12-22(28-20-10-5-2-6-11-20)24(23)25(27)18-8-3-1-4-9-18/h1-17H,26H2. The summed E-state index contributed by atoms with van der Waals surface area (Å²) in [6, 6.07) is 30.7. The molecule has 0 aromatic heterocycles. The lowest BCUT2D eigenvalue weighted by molar-refractivity contribution is 0.103. The Bertz CT molecular complexity index is 1110. The zero-order valence-corrected chi connectivity index (χ0v) is 15.6. The van der Waals surface area contributed by atoms with Gasteiger partial charge in [-0.15, -0.1) is 0 Å². The first-order valence-electron chi connectivity index (χ1n) is 9.20. The van der Waals surface area contributed by atoms with Gasteiger partial charge in [0.25, 0.3) is 0 Å². The Hall–Kier alpha value is -4.05. The average molecular weight is 381 g/mol. The van der Waals surface area contributed by atoms with Crippen molar-refractivity contribution >= 4 is 11.5 Å². The van der Waals surface area contributed by atoms with E-state index in [0.29, 0.717) is 39.8 Å². The van der Waals surface area contributed by atoms with Crippen molar-refractivity contribution in [1.29, 1.82) is 0 Å². The Labute approximate surface area is 169 Å². The van der Waals surface area contributed by atoms with Crippen LogP contribution in [-0.2, 0) is 0 Å². The summed E-state index contributed by atoms with van der Waals surface area (Å²) in [5.74, 6) is 1.88. The summed E-state index contributed by atoms with van der Waals surface area (Å²) in [6.07, 6.45) is 0. The van der Waals surface area contributed by atoms with Crippen molar-refractivity contribution in [3.8, 4) is 23.0 Å². The highest BCUT2D eigenvalue weighted by Gasteiger charge is 2.21. The van der Waals surface area contributed by atoms with Crippen molar-refractivity contribution in [3.63, 3.8) is 0 Å². The van der Waals surface area contributed by atoms with Crippen molar-refractivity contribution in [3.05, 3.63) is 114 Å². The molecule has 0 aliphatic heterocycles. The van der Waals surface area contributed by atoms with Crippen LogP contribution in [0.2, 0.25) is 0 Å². The second-order valence-electron chi connectivity index (χ2n) is 6.41. The summed E-state index contributed by atoms with van der Waals surface area (Å²) >= 11 is 0. The van der Waals surface area contributed by atoms with E-state index in [4.69, 9.17) is 15.2 Å². The minimum absolute atomic E-state index is 0.178. The van der Waals surface area contributed by atoms with Crippen molar-refractivity contribution in [1.82, 2.24) is 0 Å². The molecule has 0 radical (unpaired) electrons. The number of nitrogens with two attached hydrogens (primary N) is 1. The van der Waals surface area contributed by atoms with Gasteiger partial charge in [-0.3, -0.25) is 4.79 Å². The molecule has 4 aromatic rings. The molecule has 0 fully saturated rings. The molecular weight excluding hydrogens is 362 g/mol. The number of para-hydroxylation sites is 1. The maximum atomic E-state index is 13.3. The number of carbonyl (C=O) groups is 1. The van der Waals surface area contributed by atoms with Crippen molar-refractivity contribution < 1.29 is 14.3 Å². The van der Waals surface area contributed by atoms with Gasteiger partial charge < -0.3 is 15.2 Å². The topological polar surface area (TPSA) is 61.6 Å². The van der Waals surface area contributed by atoms with E-state index >= 15 is 0 Å². The van der Waals surface area contributed by atoms with Gasteiger partial charge in [-0.1, -0.05) is 54.6 Å². The molecular formula is C25H19NO3. The molecule has 0 aliphatic rings. The molecule has 0 bridgehead atoms. The molecule has 0 heterocycles. The van der Waals surface area contributed by atoms with Crippen LogP contribution in [0.25, 0.3) is 0 Å². The fourth-order valence-electron chi connectivity index (χ4n) is 2.92. The zero-order valence-electron chi connectivity index (χ0n) is 15.6. The van der Waals surface area contributed by atoms with E-state index in [1.807, 2.05) is 48.5 Å². The van der Waals surface area contributed by atoms with Crippen molar-refractivity contribution in [2.45, 2.75) is 0 Å². The highest BCUT2D eigenvalue weighted by molar-refractivity contribution is 6.12. The lowest BCUT2D eigenvalue weighted by Crippen LogP contribution is -2.06. The van der Waals surface area contributed by atoms with Crippen LogP contribution in [0.3, 0.4) is 0 Å². The molecule has 0 amide bonds.